The van der Waals surface area contributed by atoms with E-state index in [4.69, 9.17) is 9.90 Å². The fraction of sp³-hybridized carbons (Fsp3) is 0.316. The summed E-state index contributed by atoms with van der Waals surface area (Å²) in [6.45, 7) is 10.5. The van der Waals surface area contributed by atoms with E-state index >= 15 is 0 Å². The monoisotopic (exact) mass is 422 g/mol. The molecule has 0 saturated carbocycles. The van der Waals surface area contributed by atoms with Gasteiger partial charge in [0.1, 0.15) is 0 Å². The summed E-state index contributed by atoms with van der Waals surface area (Å²) in [6.07, 6.45) is 0. The van der Waals surface area contributed by atoms with Gasteiger partial charge in [0.05, 0.1) is 17.1 Å². The molecule has 0 fully saturated rings. The molecule has 0 amide bonds. The minimum absolute atomic E-state index is 0. The Labute approximate surface area is 154 Å². The molecule has 0 radical (unpaired) electrons. The van der Waals surface area contributed by atoms with Gasteiger partial charge in [0.15, 0.2) is 0 Å². The van der Waals surface area contributed by atoms with Crippen LogP contribution in [0.5, 0.6) is 0 Å². The molecule has 0 bridgehead atoms. The Bertz CT molecular complexity index is 602. The SMILES string of the molecule is CC(=O)O.C[PH+](c1ccccc1-c1[c-]cccc1)C(C)(C)C.[Pd]. The molecular formula is C19H25O2PPd. The van der Waals surface area contributed by atoms with E-state index in [0.717, 1.165) is 6.92 Å². The number of carboxylic acids is 1. The summed E-state index contributed by atoms with van der Waals surface area (Å²) >= 11 is 0. The molecule has 2 aromatic carbocycles. The van der Waals surface area contributed by atoms with Gasteiger partial charge in [-0.25, -0.2) is 0 Å². The summed E-state index contributed by atoms with van der Waals surface area (Å²) in [5.41, 5.74) is 2.56. The molecule has 1 unspecified atom stereocenters. The molecule has 0 heterocycles. The number of benzene rings is 2. The van der Waals surface area contributed by atoms with Crippen molar-refractivity contribution in [2.24, 2.45) is 0 Å². The predicted octanol–water partition coefficient (Wildman–Crippen LogP) is 4.51. The fourth-order valence-corrected chi connectivity index (χ4v) is 3.79. The summed E-state index contributed by atoms with van der Waals surface area (Å²) in [7, 11) is -0.580. The second-order valence-corrected chi connectivity index (χ2v) is 9.50. The Balaban J connectivity index is 0.000000871. The molecule has 0 saturated heterocycles. The van der Waals surface area contributed by atoms with Crippen LogP contribution in [0.2, 0.25) is 0 Å². The number of hydrogen-bond donors (Lipinski definition) is 1. The van der Waals surface area contributed by atoms with E-state index in [2.05, 4.69) is 69.9 Å². The van der Waals surface area contributed by atoms with Crippen molar-refractivity contribution in [3.63, 3.8) is 0 Å². The molecule has 2 aromatic rings. The number of rotatable bonds is 2. The van der Waals surface area contributed by atoms with Crippen LogP contribution in [-0.4, -0.2) is 22.9 Å². The molecule has 0 aliphatic carbocycles. The first-order valence-corrected chi connectivity index (χ1v) is 9.33. The molecule has 0 aromatic heterocycles. The van der Waals surface area contributed by atoms with Gasteiger partial charge in [-0.05, 0) is 26.8 Å². The maximum atomic E-state index is 9.00. The molecule has 2 nitrogen and oxygen atoms in total. The number of carboxylic acid groups (broad SMARTS) is 1. The van der Waals surface area contributed by atoms with Crippen LogP contribution >= 0.6 is 7.92 Å². The van der Waals surface area contributed by atoms with Crippen molar-refractivity contribution in [1.29, 1.82) is 0 Å². The van der Waals surface area contributed by atoms with Gasteiger partial charge in [0.25, 0.3) is 5.97 Å². The molecule has 2 rings (SSSR count). The predicted molar refractivity (Wildman–Crippen MR) is 97.6 cm³/mol. The first-order valence-electron chi connectivity index (χ1n) is 7.33. The van der Waals surface area contributed by atoms with Gasteiger partial charge < -0.3 is 5.11 Å². The summed E-state index contributed by atoms with van der Waals surface area (Å²) in [5.74, 6) is -0.833. The van der Waals surface area contributed by atoms with Crippen LogP contribution in [0.1, 0.15) is 27.7 Å². The molecule has 128 valence electrons. The van der Waals surface area contributed by atoms with Gasteiger partial charge in [-0.15, -0.1) is 35.9 Å². The van der Waals surface area contributed by atoms with E-state index in [9.17, 15) is 0 Å². The molecule has 0 spiro atoms. The molecule has 1 N–H and O–H groups in total. The van der Waals surface area contributed by atoms with Gasteiger partial charge >= 0.3 is 0 Å². The second-order valence-electron chi connectivity index (χ2n) is 6.22. The van der Waals surface area contributed by atoms with Crippen molar-refractivity contribution >= 4 is 19.2 Å². The average Bonchev–Trinajstić information content (AvgIpc) is 2.46. The van der Waals surface area contributed by atoms with Crippen molar-refractivity contribution in [2.75, 3.05) is 6.66 Å². The summed E-state index contributed by atoms with van der Waals surface area (Å²) in [5, 5.41) is 9.30. The van der Waals surface area contributed by atoms with Gasteiger partial charge in [-0.2, -0.15) is 0 Å². The average molecular weight is 423 g/mol. The van der Waals surface area contributed by atoms with Gasteiger partial charge in [-0.1, -0.05) is 23.8 Å². The zero-order valence-electron chi connectivity index (χ0n) is 14.3. The van der Waals surface area contributed by atoms with E-state index < -0.39 is 13.9 Å². The van der Waals surface area contributed by atoms with E-state index in [1.54, 1.807) is 0 Å². The van der Waals surface area contributed by atoms with E-state index in [1.165, 1.54) is 16.4 Å². The topological polar surface area (TPSA) is 37.3 Å². The van der Waals surface area contributed by atoms with Crippen LogP contribution in [0.3, 0.4) is 0 Å². The third-order valence-corrected chi connectivity index (χ3v) is 6.95. The van der Waals surface area contributed by atoms with Crippen LogP contribution in [0.15, 0.2) is 48.5 Å². The number of carbonyl (C=O) groups is 1. The normalized spacial score (nSPS) is 11.5. The molecule has 23 heavy (non-hydrogen) atoms. The van der Waals surface area contributed by atoms with E-state index in [1.807, 2.05) is 12.1 Å². The van der Waals surface area contributed by atoms with Gasteiger partial charge in [-0.3, -0.25) is 4.79 Å². The zero-order chi connectivity index (χ0) is 16.8. The molecule has 1 atom stereocenters. The third-order valence-electron chi connectivity index (χ3n) is 3.46. The summed E-state index contributed by atoms with van der Waals surface area (Å²) in [4.78, 5) is 9.00. The quantitative estimate of drug-likeness (QED) is 0.439. The number of aliphatic carboxylic acids is 1. The maximum absolute atomic E-state index is 9.00. The Morgan fingerprint density at radius 3 is 2.09 bits per heavy atom. The van der Waals surface area contributed by atoms with Crippen molar-refractivity contribution < 1.29 is 30.3 Å². The standard InChI is InChI=1S/C17H20P.C2H4O2.Pd/c1-17(2,3)18(4)16-13-9-8-12-15(16)14-10-6-5-7-11-14;1-2(3)4;/h5-10,12-13H,1-4H3;1H3,(H,3,4);/q-1;;/p+1. The summed E-state index contributed by atoms with van der Waals surface area (Å²) < 4.78 is 0. The van der Waals surface area contributed by atoms with Crippen LogP contribution < -0.4 is 5.30 Å². The van der Waals surface area contributed by atoms with Crippen LogP contribution in [-0.2, 0) is 25.2 Å². The van der Waals surface area contributed by atoms with Crippen molar-refractivity contribution in [1.82, 2.24) is 0 Å². The molecule has 4 heteroatoms. The smallest absolute Gasteiger partial charge is 0.300 e. The Kier molecular flexibility index (Phi) is 9.56. The zero-order valence-corrected chi connectivity index (χ0v) is 16.8. The van der Waals surface area contributed by atoms with Crippen LogP contribution in [0, 0.1) is 6.07 Å². The first-order chi connectivity index (χ1) is 10.2. The fourth-order valence-electron chi connectivity index (χ4n) is 2.01. The Morgan fingerprint density at radius 1 is 1.09 bits per heavy atom. The van der Waals surface area contributed by atoms with Crippen LogP contribution in [0.4, 0.5) is 0 Å². The van der Waals surface area contributed by atoms with Crippen molar-refractivity contribution in [3.05, 3.63) is 54.6 Å². The van der Waals surface area contributed by atoms with Gasteiger partial charge in [0, 0.05) is 35.3 Å². The van der Waals surface area contributed by atoms with E-state index in [0.29, 0.717) is 5.16 Å². The van der Waals surface area contributed by atoms with Crippen molar-refractivity contribution in [3.8, 4) is 11.1 Å². The van der Waals surface area contributed by atoms with Crippen molar-refractivity contribution in [2.45, 2.75) is 32.9 Å². The Morgan fingerprint density at radius 2 is 1.61 bits per heavy atom. The molecule has 0 aliphatic heterocycles. The van der Waals surface area contributed by atoms with Gasteiger partial charge in [0.2, 0.25) is 0 Å². The molecular weight excluding hydrogens is 398 g/mol. The second kappa shape index (κ2) is 9.99. The Hall–Kier alpha value is -0.998. The first kappa shape index (κ1) is 22.0. The maximum Gasteiger partial charge on any atom is 0.300 e. The largest absolute Gasteiger partial charge is 0.481 e. The van der Waals surface area contributed by atoms with E-state index in [-0.39, 0.29) is 20.4 Å². The number of hydrogen-bond acceptors (Lipinski definition) is 1. The minimum atomic E-state index is -0.833. The third kappa shape index (κ3) is 7.40. The summed E-state index contributed by atoms with van der Waals surface area (Å²) in [6, 6.07) is 20.4. The van der Waals surface area contributed by atoms with Crippen LogP contribution in [0.25, 0.3) is 11.1 Å². The molecule has 0 aliphatic rings. The minimum Gasteiger partial charge on any atom is -0.481 e.